The Balaban J connectivity index is 2.65. The highest BCUT2D eigenvalue weighted by Gasteiger charge is 2.13. The number of thioether (sulfide) groups is 1. The maximum atomic E-state index is 5.05. The second-order valence-electron chi connectivity index (χ2n) is 4.40. The molecule has 1 N–H and O–H groups in total. The summed E-state index contributed by atoms with van der Waals surface area (Å²) >= 11 is 1.88. The lowest BCUT2D eigenvalue weighted by Crippen LogP contribution is -2.15. The molecule has 0 aromatic carbocycles. The fourth-order valence-electron chi connectivity index (χ4n) is 1.93. The molecule has 0 aliphatic rings. The lowest BCUT2D eigenvalue weighted by Gasteiger charge is -2.18. The van der Waals surface area contributed by atoms with E-state index in [-0.39, 0.29) is 0 Å². The van der Waals surface area contributed by atoms with Gasteiger partial charge in [0.25, 0.3) is 0 Å². The minimum atomic E-state index is 0.520. The normalized spacial score (nSPS) is 12.7. The molecule has 0 radical (unpaired) electrons. The number of ether oxygens (including phenoxy) is 1. The maximum Gasteiger partial charge on any atom is 0.203 e. The number of anilines is 1. The molecular weight excluding hydrogens is 246 g/mol. The standard InChI is InChI=1S/C13H25N3OS/c1-5-12(10-18-4)16-9-11(2)15-13(16)14-7-6-8-17-3/h9,12H,5-8,10H2,1-4H3,(H,14,15). The highest BCUT2D eigenvalue weighted by Crippen LogP contribution is 2.22. The number of nitrogens with one attached hydrogen (secondary N) is 1. The van der Waals surface area contributed by atoms with E-state index in [4.69, 9.17) is 4.74 Å². The summed E-state index contributed by atoms with van der Waals surface area (Å²) in [6, 6.07) is 0.520. The van der Waals surface area contributed by atoms with Crippen LogP contribution in [0.1, 0.15) is 31.5 Å². The van der Waals surface area contributed by atoms with E-state index in [1.54, 1.807) is 7.11 Å². The van der Waals surface area contributed by atoms with Crippen molar-refractivity contribution < 1.29 is 4.74 Å². The Morgan fingerprint density at radius 3 is 2.94 bits per heavy atom. The van der Waals surface area contributed by atoms with Crippen LogP contribution in [0.4, 0.5) is 5.95 Å². The Labute approximate surface area is 115 Å². The van der Waals surface area contributed by atoms with Crippen molar-refractivity contribution in [2.75, 3.05) is 37.6 Å². The molecule has 1 aromatic heterocycles. The van der Waals surface area contributed by atoms with Crippen LogP contribution in [-0.4, -0.2) is 41.8 Å². The van der Waals surface area contributed by atoms with Gasteiger partial charge in [0.15, 0.2) is 0 Å². The number of methoxy groups -OCH3 is 1. The highest BCUT2D eigenvalue weighted by molar-refractivity contribution is 7.98. The Morgan fingerprint density at radius 1 is 1.56 bits per heavy atom. The summed E-state index contributed by atoms with van der Waals surface area (Å²) < 4.78 is 7.33. The molecule has 1 atom stereocenters. The van der Waals surface area contributed by atoms with Gasteiger partial charge in [0.05, 0.1) is 5.69 Å². The predicted octanol–water partition coefficient (Wildman–Crippen LogP) is 2.95. The van der Waals surface area contributed by atoms with Crippen molar-refractivity contribution in [1.29, 1.82) is 0 Å². The van der Waals surface area contributed by atoms with Crippen LogP contribution in [0.15, 0.2) is 6.20 Å². The Morgan fingerprint density at radius 2 is 2.33 bits per heavy atom. The van der Waals surface area contributed by atoms with E-state index in [2.05, 4.69) is 34.2 Å². The summed E-state index contributed by atoms with van der Waals surface area (Å²) in [5.74, 6) is 2.11. The number of nitrogens with zero attached hydrogens (tertiary/aromatic N) is 2. The zero-order chi connectivity index (χ0) is 13.4. The monoisotopic (exact) mass is 271 g/mol. The molecule has 0 aliphatic carbocycles. The first-order chi connectivity index (χ1) is 8.72. The molecule has 0 amide bonds. The zero-order valence-electron chi connectivity index (χ0n) is 11.9. The molecule has 1 unspecified atom stereocenters. The summed E-state index contributed by atoms with van der Waals surface area (Å²) in [6.45, 7) is 5.96. The van der Waals surface area contributed by atoms with Gasteiger partial charge in [0, 0.05) is 38.3 Å². The van der Waals surface area contributed by atoms with E-state index in [0.717, 1.165) is 43.4 Å². The molecule has 0 bridgehead atoms. The quantitative estimate of drug-likeness (QED) is 0.701. The van der Waals surface area contributed by atoms with Crippen molar-refractivity contribution in [1.82, 2.24) is 9.55 Å². The van der Waals surface area contributed by atoms with Crippen LogP contribution in [0.2, 0.25) is 0 Å². The van der Waals surface area contributed by atoms with Crippen molar-refractivity contribution in [2.24, 2.45) is 0 Å². The first-order valence-electron chi connectivity index (χ1n) is 6.50. The molecule has 1 heterocycles. The molecule has 0 aliphatic heterocycles. The van der Waals surface area contributed by atoms with Gasteiger partial charge >= 0.3 is 0 Å². The third-order valence-electron chi connectivity index (χ3n) is 2.88. The van der Waals surface area contributed by atoms with E-state index in [9.17, 15) is 0 Å². The minimum absolute atomic E-state index is 0.520. The first-order valence-corrected chi connectivity index (χ1v) is 7.89. The Bertz CT molecular complexity index is 341. The van der Waals surface area contributed by atoms with Crippen LogP contribution < -0.4 is 5.32 Å². The van der Waals surface area contributed by atoms with Crippen LogP contribution in [-0.2, 0) is 4.74 Å². The zero-order valence-corrected chi connectivity index (χ0v) is 12.7. The average Bonchev–Trinajstić information content (AvgIpc) is 2.73. The van der Waals surface area contributed by atoms with Gasteiger partial charge in [-0.2, -0.15) is 11.8 Å². The van der Waals surface area contributed by atoms with Gasteiger partial charge < -0.3 is 14.6 Å². The van der Waals surface area contributed by atoms with Gasteiger partial charge in [0.2, 0.25) is 5.95 Å². The third-order valence-corrected chi connectivity index (χ3v) is 3.60. The fraction of sp³-hybridized carbons (Fsp3) is 0.769. The lowest BCUT2D eigenvalue weighted by molar-refractivity contribution is 0.197. The number of aryl methyl sites for hydroxylation is 1. The topological polar surface area (TPSA) is 39.1 Å². The number of aromatic nitrogens is 2. The molecule has 0 saturated carbocycles. The SMILES string of the molecule is CCC(CSC)n1cc(C)nc1NCCCOC. The van der Waals surface area contributed by atoms with E-state index < -0.39 is 0 Å². The summed E-state index contributed by atoms with van der Waals surface area (Å²) in [4.78, 5) is 4.56. The van der Waals surface area contributed by atoms with Crippen molar-refractivity contribution in [3.05, 3.63) is 11.9 Å². The summed E-state index contributed by atoms with van der Waals surface area (Å²) in [6.07, 6.45) is 6.42. The van der Waals surface area contributed by atoms with E-state index >= 15 is 0 Å². The van der Waals surface area contributed by atoms with Crippen LogP contribution in [0.5, 0.6) is 0 Å². The largest absolute Gasteiger partial charge is 0.385 e. The van der Waals surface area contributed by atoms with Gasteiger partial charge in [-0.3, -0.25) is 0 Å². The molecular formula is C13H25N3OS. The second kappa shape index (κ2) is 8.43. The number of imidazole rings is 1. The predicted molar refractivity (Wildman–Crippen MR) is 79.7 cm³/mol. The van der Waals surface area contributed by atoms with E-state index in [0.29, 0.717) is 6.04 Å². The summed E-state index contributed by atoms with van der Waals surface area (Å²) in [7, 11) is 1.73. The molecule has 0 spiro atoms. The molecule has 1 rings (SSSR count). The average molecular weight is 271 g/mol. The molecule has 1 aromatic rings. The molecule has 5 heteroatoms. The van der Waals surface area contributed by atoms with Crippen molar-refractivity contribution >= 4 is 17.7 Å². The summed E-state index contributed by atoms with van der Waals surface area (Å²) in [5, 5.41) is 3.40. The Hall–Kier alpha value is -0.680. The van der Waals surface area contributed by atoms with Crippen LogP contribution in [0.25, 0.3) is 0 Å². The van der Waals surface area contributed by atoms with Gasteiger partial charge in [-0.05, 0) is 26.0 Å². The first kappa shape index (κ1) is 15.4. The molecule has 18 heavy (non-hydrogen) atoms. The van der Waals surface area contributed by atoms with Gasteiger partial charge in [0.1, 0.15) is 0 Å². The molecule has 104 valence electrons. The lowest BCUT2D eigenvalue weighted by atomic mass is 10.2. The highest BCUT2D eigenvalue weighted by atomic mass is 32.2. The molecule has 0 saturated heterocycles. The molecule has 0 fully saturated rings. The summed E-state index contributed by atoms with van der Waals surface area (Å²) in [5.41, 5.74) is 1.07. The van der Waals surface area contributed by atoms with Crippen molar-refractivity contribution in [3.8, 4) is 0 Å². The smallest absolute Gasteiger partial charge is 0.203 e. The minimum Gasteiger partial charge on any atom is -0.385 e. The van der Waals surface area contributed by atoms with Crippen molar-refractivity contribution in [2.45, 2.75) is 32.7 Å². The van der Waals surface area contributed by atoms with Crippen LogP contribution >= 0.6 is 11.8 Å². The number of rotatable bonds is 9. The number of hydrogen-bond acceptors (Lipinski definition) is 4. The van der Waals surface area contributed by atoms with Crippen molar-refractivity contribution in [3.63, 3.8) is 0 Å². The second-order valence-corrected chi connectivity index (χ2v) is 5.31. The van der Waals surface area contributed by atoms with Crippen LogP contribution in [0, 0.1) is 6.92 Å². The maximum absolute atomic E-state index is 5.05. The molecule has 4 nitrogen and oxygen atoms in total. The van der Waals surface area contributed by atoms with Gasteiger partial charge in [-0.15, -0.1) is 0 Å². The van der Waals surface area contributed by atoms with Gasteiger partial charge in [-0.25, -0.2) is 4.98 Å². The van der Waals surface area contributed by atoms with Gasteiger partial charge in [-0.1, -0.05) is 6.92 Å². The Kier molecular flexibility index (Phi) is 7.20. The van der Waals surface area contributed by atoms with E-state index in [1.807, 2.05) is 18.7 Å². The van der Waals surface area contributed by atoms with E-state index in [1.165, 1.54) is 0 Å². The fourth-order valence-corrected chi connectivity index (χ4v) is 2.71. The number of hydrogen-bond donors (Lipinski definition) is 1. The van der Waals surface area contributed by atoms with Crippen LogP contribution in [0.3, 0.4) is 0 Å². The third kappa shape index (κ3) is 4.53.